The average molecular weight is 1300 g/mol. The van der Waals surface area contributed by atoms with E-state index in [0.29, 0.717) is 10.8 Å². The summed E-state index contributed by atoms with van der Waals surface area (Å²) in [7, 11) is 0.701. The van der Waals surface area contributed by atoms with E-state index in [4.69, 9.17) is 4.74 Å². The van der Waals surface area contributed by atoms with Crippen LogP contribution in [-0.2, 0) is 172 Å². The van der Waals surface area contributed by atoms with Crippen molar-refractivity contribution in [2.24, 2.45) is 22.7 Å². The van der Waals surface area contributed by atoms with E-state index in [9.17, 15) is 0 Å². The smallest absolute Gasteiger partial charge is 0.0986 e. The van der Waals surface area contributed by atoms with Gasteiger partial charge in [-0.05, 0) is 74.2 Å². The molecule has 2 heterocycles. The van der Waals surface area contributed by atoms with Crippen LogP contribution in [0.2, 0.25) is 19.6 Å². The number of methoxy groups -OCH3 is 1. The number of nitrogens with zero attached hydrogens (tertiary/aromatic N) is 2. The molecule has 0 amide bonds. The minimum Gasteiger partial charge on any atom is -0.369 e. The van der Waals surface area contributed by atoms with Gasteiger partial charge in [-0.3, -0.25) is 9.80 Å². The molecule has 1 N–H and O–H groups in total. The third kappa shape index (κ3) is 37.3. The second-order valence-corrected chi connectivity index (χ2v) is 21.8. The molecule has 5 aliphatic rings. The molecule has 0 spiro atoms. The van der Waals surface area contributed by atoms with E-state index in [1.165, 1.54) is 81.2 Å². The van der Waals surface area contributed by atoms with Gasteiger partial charge in [-0.15, -0.1) is 0 Å². The van der Waals surface area contributed by atoms with Crippen molar-refractivity contribution in [3.8, 4) is 0 Å². The standard InChI is InChI=1S/C16H21N.C13H23NOSi.C9H15N.C7H10.6C2H6.3V.3Y/c1-2-16-10-6-9-15(16)12-17(13-16)11-14-7-4-3-5-8-14;1-15-11-14(12-16(2,3)4)10-13-8-6-5-7-9-13;1-2-9-5-3-4-8(9)6-10-7-9;1-2-7-5-3-4-6-7;6*1-2;;;;;;/h3-8,10,15H,2,9,11-13H2,1H3;5-9H,10-12H2,1-4H3;3,5,8,10H,2,4,6-7H2,1H3;3,5-6H,2,4H2,1H3;6*1-2H3;;;;;;. The first-order valence-electron chi connectivity index (χ1n) is 25.6. The van der Waals surface area contributed by atoms with Crippen molar-refractivity contribution in [1.82, 2.24) is 15.1 Å². The summed E-state index contributed by atoms with van der Waals surface area (Å²) in [5, 5.41) is 3.46. The molecule has 4 atom stereocenters. The molecule has 4 unspecified atom stereocenters. The van der Waals surface area contributed by atoms with E-state index in [1.54, 1.807) is 7.11 Å². The summed E-state index contributed by atoms with van der Waals surface area (Å²) in [4.78, 5) is 5.02. The Bertz CT molecular complexity index is 1420. The van der Waals surface area contributed by atoms with E-state index < -0.39 is 8.07 Å². The molecule has 68 heavy (non-hydrogen) atoms. The van der Waals surface area contributed by atoms with Crippen molar-refractivity contribution in [2.75, 3.05) is 46.2 Å². The minimum atomic E-state index is -1.07. The summed E-state index contributed by atoms with van der Waals surface area (Å²) in [5.74, 6) is 1.79. The van der Waals surface area contributed by atoms with E-state index in [-0.39, 0.29) is 154 Å². The van der Waals surface area contributed by atoms with Crippen LogP contribution in [0.5, 0.6) is 0 Å². The molecule has 7 rings (SSSR count). The van der Waals surface area contributed by atoms with Crippen molar-refractivity contribution in [3.63, 3.8) is 0 Å². The van der Waals surface area contributed by atoms with Gasteiger partial charge in [0.25, 0.3) is 0 Å². The maximum Gasteiger partial charge on any atom is 0.0986 e. The number of allylic oxidation sites excluding steroid dienone is 6. The van der Waals surface area contributed by atoms with Gasteiger partial charge in [-0.25, -0.2) is 0 Å². The van der Waals surface area contributed by atoms with Crippen LogP contribution in [0, 0.1) is 22.7 Å². The number of hydrogen-bond acceptors (Lipinski definition) is 4. The summed E-state index contributed by atoms with van der Waals surface area (Å²) >= 11 is 0. The van der Waals surface area contributed by atoms with Gasteiger partial charge in [0.1, 0.15) is 0 Å². The molecule has 0 aromatic heterocycles. The summed E-state index contributed by atoms with van der Waals surface area (Å²) in [6.45, 7) is 45.8. The van der Waals surface area contributed by atoms with Crippen molar-refractivity contribution in [2.45, 2.75) is 175 Å². The largest absolute Gasteiger partial charge is 0.369 e. The predicted molar refractivity (Wildman–Crippen MR) is 287 cm³/mol. The first-order chi connectivity index (χ1) is 30.1. The summed E-state index contributed by atoms with van der Waals surface area (Å²) in [6, 6.07) is 21.4. The van der Waals surface area contributed by atoms with Gasteiger partial charge in [0.05, 0.1) is 14.8 Å². The number of hydrogen-bond donors (Lipinski definition) is 1. The molecule has 2 fully saturated rings. The van der Waals surface area contributed by atoms with Gasteiger partial charge in [0, 0.05) is 204 Å². The Morgan fingerprint density at radius 1 is 0.662 bits per heavy atom. The SMILES string of the molecule is CC.CC.CC.CC.CC.CC.CCC12C=CCC1CN(Cc1ccccc1)C2.CCC12C=CCC1CNC2.CCC1=CCC=C1.COCN(Cc1ccccc1)C[Si](C)(C)C.[V].[V].[V].[Y].[Y].[Y]. The molecular weight excluding hydrogens is 1190 g/mol. The Hall–Kier alpha value is 2.52. The van der Waals surface area contributed by atoms with Crippen LogP contribution in [0.1, 0.15) is 154 Å². The van der Waals surface area contributed by atoms with Crippen LogP contribution in [0.15, 0.2) is 109 Å². The van der Waals surface area contributed by atoms with Gasteiger partial charge in [-0.2, -0.15) is 0 Å². The maximum atomic E-state index is 5.27. The first-order valence-corrected chi connectivity index (χ1v) is 29.3. The van der Waals surface area contributed by atoms with Crippen molar-refractivity contribution < 1.29 is 159 Å². The molecule has 2 aromatic carbocycles. The first kappa shape index (κ1) is 90.1. The van der Waals surface area contributed by atoms with Crippen molar-refractivity contribution in [1.29, 1.82) is 0 Å². The molecule has 11 heteroatoms. The van der Waals surface area contributed by atoms with Crippen LogP contribution in [-0.4, -0.2) is 64.1 Å². The van der Waals surface area contributed by atoms with Crippen LogP contribution in [0.3, 0.4) is 0 Å². The topological polar surface area (TPSA) is 27.7 Å². The van der Waals surface area contributed by atoms with E-state index in [0.717, 1.165) is 38.1 Å². The zero-order valence-corrected chi connectivity index (χ0v) is 61.5. The Morgan fingerprint density at radius 2 is 1.13 bits per heavy atom. The number of likely N-dealkylation sites (tertiary alicyclic amines) is 1. The van der Waals surface area contributed by atoms with Gasteiger partial charge >= 0.3 is 0 Å². The third-order valence-electron chi connectivity index (χ3n) is 11.3. The zero-order valence-electron chi connectivity index (χ0n) is 47.7. The third-order valence-corrected chi connectivity index (χ3v) is 12.7. The van der Waals surface area contributed by atoms with Crippen LogP contribution < -0.4 is 5.32 Å². The molecule has 0 bridgehead atoms. The number of nitrogens with one attached hydrogen (secondary N) is 1. The summed E-state index contributed by atoms with van der Waals surface area (Å²) < 4.78 is 5.27. The maximum absolute atomic E-state index is 5.27. The van der Waals surface area contributed by atoms with E-state index >= 15 is 0 Å². The molecule has 382 valence electrons. The van der Waals surface area contributed by atoms with Crippen LogP contribution in [0.4, 0.5) is 0 Å². The molecule has 6 radical (unpaired) electrons. The Balaban J connectivity index is -0.0000000907. The van der Waals surface area contributed by atoms with Gasteiger partial charge in [-0.1, -0.05) is 232 Å². The van der Waals surface area contributed by atoms with Gasteiger partial charge in [0.15, 0.2) is 0 Å². The number of rotatable bonds is 11. The second-order valence-electron chi connectivity index (χ2n) is 16.4. The molecule has 3 aliphatic carbocycles. The number of benzene rings is 2. The second kappa shape index (κ2) is 58.8. The van der Waals surface area contributed by atoms with Gasteiger partial charge in [0.2, 0.25) is 0 Å². The number of ether oxygens (including phenoxy) is 1. The van der Waals surface area contributed by atoms with E-state index in [2.05, 4.69) is 159 Å². The molecular formula is C57H105N3OSiV3Y3. The summed E-state index contributed by atoms with van der Waals surface area (Å²) in [5.41, 5.74) is 5.34. The molecule has 2 aromatic rings. The Kier molecular flexibility index (Phi) is 77.8. The van der Waals surface area contributed by atoms with E-state index in [1.807, 2.05) is 83.1 Å². The zero-order chi connectivity index (χ0) is 47.9. The molecule has 0 saturated carbocycles. The fourth-order valence-corrected chi connectivity index (χ4v) is 10.0. The number of fused-ring (bicyclic) bond motifs is 2. The van der Waals surface area contributed by atoms with Crippen molar-refractivity contribution >= 4 is 8.07 Å². The van der Waals surface area contributed by atoms with Crippen molar-refractivity contribution in [3.05, 3.63) is 120 Å². The Morgan fingerprint density at radius 3 is 1.51 bits per heavy atom. The molecule has 4 nitrogen and oxygen atoms in total. The van der Waals surface area contributed by atoms with Crippen LogP contribution in [0.25, 0.3) is 0 Å². The fourth-order valence-electron chi connectivity index (χ4n) is 8.50. The fraction of sp³-hybridized carbons (Fsp3) is 0.649. The minimum absolute atomic E-state index is 0. The molecule has 2 aliphatic heterocycles. The summed E-state index contributed by atoms with van der Waals surface area (Å²) in [6.07, 6.45) is 25.0. The Labute approximate surface area is 538 Å². The molecule has 2 saturated heterocycles. The normalized spacial score (nSPS) is 19.7. The quantitative estimate of drug-likeness (QED) is 0.138. The van der Waals surface area contributed by atoms with Crippen LogP contribution >= 0.6 is 0 Å². The van der Waals surface area contributed by atoms with Gasteiger partial charge < -0.3 is 10.1 Å². The monoisotopic (exact) mass is 1300 g/mol. The predicted octanol–water partition coefficient (Wildman–Crippen LogP) is 16.4. The average Bonchev–Trinajstić information content (AvgIpc) is 4.18.